The Kier molecular flexibility index (Phi) is 3.98. The van der Waals surface area contributed by atoms with E-state index in [9.17, 15) is 4.79 Å². The van der Waals surface area contributed by atoms with E-state index in [-0.39, 0.29) is 18.9 Å². The molecule has 0 spiro atoms. The Morgan fingerprint density at radius 1 is 1.36 bits per heavy atom. The zero-order chi connectivity index (χ0) is 17.2. The number of hydrogen-bond acceptors (Lipinski definition) is 8. The molecule has 0 bridgehead atoms. The third-order valence-electron chi connectivity index (χ3n) is 4.08. The number of imidazole rings is 1. The summed E-state index contributed by atoms with van der Waals surface area (Å²) in [6.45, 7) is 0.188. The van der Waals surface area contributed by atoms with Crippen LogP contribution in [0.5, 0.6) is 0 Å². The SMILES string of the molecule is Nc1ncnc2c1ncn2[C@H]1CC[C@@H](COC(=O)c2cccnc2)O1. The van der Waals surface area contributed by atoms with E-state index in [1.807, 2.05) is 4.57 Å². The molecular weight excluding hydrogens is 324 g/mol. The fourth-order valence-electron chi connectivity index (χ4n) is 2.83. The summed E-state index contributed by atoms with van der Waals surface area (Å²) in [6, 6.07) is 3.35. The van der Waals surface area contributed by atoms with Gasteiger partial charge in [0.25, 0.3) is 0 Å². The van der Waals surface area contributed by atoms with Gasteiger partial charge in [0, 0.05) is 12.4 Å². The van der Waals surface area contributed by atoms with Crippen LogP contribution in [0.4, 0.5) is 5.82 Å². The van der Waals surface area contributed by atoms with Crippen molar-refractivity contribution in [1.29, 1.82) is 0 Å². The van der Waals surface area contributed by atoms with E-state index in [2.05, 4.69) is 19.9 Å². The molecule has 0 saturated carbocycles. The summed E-state index contributed by atoms with van der Waals surface area (Å²) < 4.78 is 13.1. The minimum absolute atomic E-state index is 0.178. The van der Waals surface area contributed by atoms with Crippen molar-refractivity contribution in [1.82, 2.24) is 24.5 Å². The van der Waals surface area contributed by atoms with Crippen molar-refractivity contribution < 1.29 is 14.3 Å². The van der Waals surface area contributed by atoms with Gasteiger partial charge in [0.2, 0.25) is 0 Å². The molecule has 1 saturated heterocycles. The van der Waals surface area contributed by atoms with Crippen LogP contribution in [-0.2, 0) is 9.47 Å². The maximum absolute atomic E-state index is 12.0. The number of fused-ring (bicyclic) bond motifs is 1. The number of pyridine rings is 1. The summed E-state index contributed by atoms with van der Waals surface area (Å²) in [5.41, 5.74) is 7.41. The third-order valence-corrected chi connectivity index (χ3v) is 4.08. The van der Waals surface area contributed by atoms with E-state index in [0.717, 1.165) is 12.8 Å². The van der Waals surface area contributed by atoms with Gasteiger partial charge < -0.3 is 15.2 Å². The molecule has 1 aliphatic rings. The van der Waals surface area contributed by atoms with Gasteiger partial charge in [0.05, 0.1) is 18.0 Å². The van der Waals surface area contributed by atoms with Gasteiger partial charge in [-0.2, -0.15) is 0 Å². The van der Waals surface area contributed by atoms with Crippen LogP contribution in [0.1, 0.15) is 29.4 Å². The Hall–Kier alpha value is -3.07. The maximum atomic E-state index is 12.0. The molecule has 1 aliphatic heterocycles. The molecule has 2 atom stereocenters. The molecule has 3 aromatic rings. The van der Waals surface area contributed by atoms with Crippen molar-refractivity contribution >= 4 is 23.0 Å². The molecule has 0 aromatic carbocycles. The molecule has 2 N–H and O–H groups in total. The standard InChI is InChI=1S/C16H16N6O3/c17-14-13-15(20-8-19-14)22(9-21-13)12-4-3-11(25-12)7-24-16(23)10-2-1-5-18-6-10/h1-2,5-6,8-9,11-12H,3-4,7H2,(H2,17,19,20)/t11-,12+/m0/s1. The van der Waals surface area contributed by atoms with E-state index in [0.29, 0.717) is 22.5 Å². The summed E-state index contributed by atoms with van der Waals surface area (Å²) >= 11 is 0. The first-order valence-electron chi connectivity index (χ1n) is 7.88. The van der Waals surface area contributed by atoms with Gasteiger partial charge in [-0.25, -0.2) is 19.7 Å². The molecule has 3 aromatic heterocycles. The number of rotatable bonds is 4. The molecule has 1 fully saturated rings. The zero-order valence-electron chi connectivity index (χ0n) is 13.3. The molecule has 4 rings (SSSR count). The summed E-state index contributed by atoms with van der Waals surface area (Å²) in [7, 11) is 0. The average Bonchev–Trinajstić information content (AvgIpc) is 3.27. The second-order valence-corrected chi connectivity index (χ2v) is 5.71. The molecule has 0 aliphatic carbocycles. The summed E-state index contributed by atoms with van der Waals surface area (Å²) in [5, 5.41) is 0. The van der Waals surface area contributed by atoms with Crippen molar-refractivity contribution in [3.05, 3.63) is 42.7 Å². The van der Waals surface area contributed by atoms with Crippen LogP contribution >= 0.6 is 0 Å². The predicted octanol–water partition coefficient (Wildman–Crippen LogP) is 1.34. The van der Waals surface area contributed by atoms with Gasteiger partial charge in [-0.15, -0.1) is 0 Å². The zero-order valence-corrected chi connectivity index (χ0v) is 13.3. The Balaban J connectivity index is 1.40. The van der Waals surface area contributed by atoms with Crippen LogP contribution in [0, 0.1) is 0 Å². The normalized spacial score (nSPS) is 20.0. The first kappa shape index (κ1) is 15.5. The number of anilines is 1. The lowest BCUT2D eigenvalue weighted by Gasteiger charge is -2.15. The monoisotopic (exact) mass is 340 g/mol. The van der Waals surface area contributed by atoms with E-state index in [1.54, 1.807) is 24.7 Å². The van der Waals surface area contributed by atoms with E-state index in [1.165, 1.54) is 12.5 Å². The van der Waals surface area contributed by atoms with E-state index >= 15 is 0 Å². The highest BCUT2D eigenvalue weighted by Gasteiger charge is 2.29. The lowest BCUT2D eigenvalue weighted by molar-refractivity contribution is -0.0309. The number of aromatic nitrogens is 5. The van der Waals surface area contributed by atoms with Crippen LogP contribution in [0.3, 0.4) is 0 Å². The smallest absolute Gasteiger partial charge is 0.339 e. The maximum Gasteiger partial charge on any atom is 0.339 e. The molecule has 0 amide bonds. The second-order valence-electron chi connectivity index (χ2n) is 5.71. The highest BCUT2D eigenvalue weighted by molar-refractivity contribution is 5.88. The van der Waals surface area contributed by atoms with Crippen molar-refractivity contribution in [3.8, 4) is 0 Å². The number of hydrogen-bond donors (Lipinski definition) is 1. The molecule has 0 radical (unpaired) electrons. The van der Waals surface area contributed by atoms with Crippen molar-refractivity contribution in [2.24, 2.45) is 0 Å². The van der Waals surface area contributed by atoms with Crippen LogP contribution < -0.4 is 5.73 Å². The van der Waals surface area contributed by atoms with Crippen LogP contribution in [-0.4, -0.2) is 43.2 Å². The number of esters is 1. The summed E-state index contributed by atoms with van der Waals surface area (Å²) in [5.74, 6) is -0.0718. The third kappa shape index (κ3) is 3.01. The minimum atomic E-state index is -0.409. The molecule has 9 nitrogen and oxygen atoms in total. The Bertz CT molecular complexity index is 897. The summed E-state index contributed by atoms with van der Waals surface area (Å²) in [6.07, 6.45) is 7.26. The highest BCUT2D eigenvalue weighted by atomic mass is 16.6. The predicted molar refractivity (Wildman–Crippen MR) is 87.4 cm³/mol. The van der Waals surface area contributed by atoms with E-state index < -0.39 is 5.97 Å². The summed E-state index contributed by atoms with van der Waals surface area (Å²) in [4.78, 5) is 28.3. The van der Waals surface area contributed by atoms with Gasteiger partial charge in [-0.05, 0) is 25.0 Å². The molecule has 0 unspecified atom stereocenters. The van der Waals surface area contributed by atoms with Crippen molar-refractivity contribution in [2.75, 3.05) is 12.3 Å². The fraction of sp³-hybridized carbons (Fsp3) is 0.312. The lowest BCUT2D eigenvalue weighted by Crippen LogP contribution is -2.19. The average molecular weight is 340 g/mol. The topological polar surface area (TPSA) is 118 Å². The number of carbonyl (C=O) groups is 1. The highest BCUT2D eigenvalue weighted by Crippen LogP contribution is 2.31. The van der Waals surface area contributed by atoms with Crippen molar-refractivity contribution in [3.63, 3.8) is 0 Å². The van der Waals surface area contributed by atoms with Gasteiger partial charge in [-0.3, -0.25) is 9.55 Å². The number of nitrogens with zero attached hydrogens (tertiary/aromatic N) is 5. The number of nitrogens with two attached hydrogens (primary N) is 1. The second kappa shape index (κ2) is 6.44. The molecule has 4 heterocycles. The first-order chi connectivity index (χ1) is 12.2. The molecular formula is C16H16N6O3. The van der Waals surface area contributed by atoms with Gasteiger partial charge in [0.15, 0.2) is 11.5 Å². The largest absolute Gasteiger partial charge is 0.459 e. The minimum Gasteiger partial charge on any atom is -0.459 e. The van der Waals surface area contributed by atoms with Crippen LogP contribution in [0.15, 0.2) is 37.2 Å². The Morgan fingerprint density at radius 2 is 2.28 bits per heavy atom. The molecule has 9 heteroatoms. The van der Waals surface area contributed by atoms with Crippen LogP contribution in [0.25, 0.3) is 11.2 Å². The molecule has 25 heavy (non-hydrogen) atoms. The fourth-order valence-corrected chi connectivity index (χ4v) is 2.83. The number of carbonyl (C=O) groups excluding carboxylic acids is 1. The first-order valence-corrected chi connectivity index (χ1v) is 7.88. The number of nitrogen functional groups attached to an aromatic ring is 1. The number of ether oxygens (including phenoxy) is 2. The van der Waals surface area contributed by atoms with Gasteiger partial charge >= 0.3 is 5.97 Å². The Labute approximate surface area is 142 Å². The Morgan fingerprint density at radius 3 is 3.12 bits per heavy atom. The van der Waals surface area contributed by atoms with E-state index in [4.69, 9.17) is 15.2 Å². The quantitative estimate of drug-likeness (QED) is 0.707. The van der Waals surface area contributed by atoms with Crippen molar-refractivity contribution in [2.45, 2.75) is 25.2 Å². The van der Waals surface area contributed by atoms with Gasteiger partial charge in [-0.1, -0.05) is 0 Å². The lowest BCUT2D eigenvalue weighted by atomic mass is 10.2. The van der Waals surface area contributed by atoms with Crippen LogP contribution in [0.2, 0.25) is 0 Å². The molecule has 128 valence electrons. The van der Waals surface area contributed by atoms with Gasteiger partial charge in [0.1, 0.15) is 24.7 Å².